The molecule has 2 aromatic carbocycles. The van der Waals surface area contributed by atoms with E-state index in [0.29, 0.717) is 27.6 Å². The van der Waals surface area contributed by atoms with Gasteiger partial charge in [0.25, 0.3) is 0 Å². The molecule has 9 rings (SSSR count). The molecule has 7 bridgehead atoms. The largest absolute Gasteiger partial charge is 0.507 e. The van der Waals surface area contributed by atoms with E-state index in [1.165, 1.54) is 24.4 Å². The van der Waals surface area contributed by atoms with Crippen LogP contribution in [0, 0.1) is 6.92 Å². The minimum Gasteiger partial charge on any atom is -0.507 e. The van der Waals surface area contributed by atoms with E-state index in [4.69, 9.17) is 9.47 Å². The number of nitrogens with zero attached hydrogens (tertiary/aromatic N) is 1. The van der Waals surface area contributed by atoms with Crippen LogP contribution >= 0.6 is 0 Å². The number of aliphatic hydroxyl groups excluding tert-OH is 4. The fourth-order valence-electron chi connectivity index (χ4n) is 7.48. The Balaban J connectivity index is 1.40. The first-order valence-corrected chi connectivity index (χ1v) is 14.6. The van der Waals surface area contributed by atoms with Crippen molar-refractivity contribution in [1.29, 1.82) is 0 Å². The summed E-state index contributed by atoms with van der Waals surface area (Å²) >= 11 is 0. The van der Waals surface area contributed by atoms with E-state index in [1.807, 2.05) is 0 Å². The molecule has 6 aliphatic rings. The summed E-state index contributed by atoms with van der Waals surface area (Å²) in [5.74, 6) is -1.62. The van der Waals surface area contributed by atoms with E-state index >= 15 is 0 Å². The fraction of sp³-hybridized carbons (Fsp3) is 0.387. The number of pyridine rings is 1. The molecule has 5 heterocycles. The molecule has 7 atom stereocenters. The summed E-state index contributed by atoms with van der Waals surface area (Å²) in [6.45, 7) is 1.69. The topological polar surface area (TPSA) is 223 Å². The number of nitrogens with one attached hydrogen (secondary N) is 3. The van der Waals surface area contributed by atoms with E-state index in [-0.39, 0.29) is 59.6 Å². The number of ketones is 2. The Bertz CT molecular complexity index is 1880. The monoisotopic (exact) mass is 618 g/mol. The lowest BCUT2D eigenvalue weighted by molar-refractivity contribution is -0.327. The maximum absolute atomic E-state index is 14.1. The normalized spacial score (nSPS) is 33.6. The summed E-state index contributed by atoms with van der Waals surface area (Å²) in [6.07, 6.45) is -7.21. The van der Waals surface area contributed by atoms with Gasteiger partial charge in [0.1, 0.15) is 35.6 Å². The van der Waals surface area contributed by atoms with E-state index in [0.717, 1.165) is 0 Å². The van der Waals surface area contributed by atoms with Crippen molar-refractivity contribution in [2.24, 2.45) is 0 Å². The molecular weight excluding hydrogens is 588 g/mol. The Morgan fingerprint density at radius 1 is 1.00 bits per heavy atom. The second-order valence-electron chi connectivity index (χ2n) is 12.5. The Kier molecular flexibility index (Phi) is 5.94. The second-order valence-corrected chi connectivity index (χ2v) is 12.5. The Hall–Kier alpha value is -4.15. The van der Waals surface area contributed by atoms with Crippen molar-refractivity contribution >= 4 is 28.2 Å². The van der Waals surface area contributed by atoms with Gasteiger partial charge in [0.2, 0.25) is 12.1 Å². The van der Waals surface area contributed by atoms with Gasteiger partial charge >= 0.3 is 0 Å². The zero-order valence-electron chi connectivity index (χ0n) is 23.9. The van der Waals surface area contributed by atoms with Crippen LogP contribution in [0.15, 0.2) is 41.7 Å². The van der Waals surface area contributed by atoms with Gasteiger partial charge in [-0.25, -0.2) is 10.4 Å². The first kappa shape index (κ1) is 28.3. The highest BCUT2D eigenvalue weighted by atomic mass is 16.7. The average Bonchev–Trinajstić information content (AvgIpc) is 3.00. The van der Waals surface area contributed by atoms with Crippen molar-refractivity contribution in [3.63, 3.8) is 0 Å². The number of aromatic nitrogens is 1. The highest BCUT2D eigenvalue weighted by molar-refractivity contribution is 6.34. The molecule has 1 fully saturated rings. The number of aliphatic hydroxyl groups is 5. The third kappa shape index (κ3) is 3.78. The minimum absolute atomic E-state index is 0.00520. The molecule has 7 unspecified atom stereocenters. The summed E-state index contributed by atoms with van der Waals surface area (Å²) in [7, 11) is 0. The Morgan fingerprint density at radius 2 is 1.80 bits per heavy atom. The van der Waals surface area contributed by atoms with Crippen LogP contribution in [-0.2, 0) is 4.74 Å². The van der Waals surface area contributed by atoms with Gasteiger partial charge in [0.15, 0.2) is 17.6 Å². The van der Waals surface area contributed by atoms with E-state index < -0.39 is 59.3 Å². The molecule has 1 aromatic heterocycles. The van der Waals surface area contributed by atoms with Gasteiger partial charge in [-0.1, -0.05) is 0 Å². The summed E-state index contributed by atoms with van der Waals surface area (Å²) < 4.78 is 12.4. The van der Waals surface area contributed by atoms with Crippen molar-refractivity contribution < 1.29 is 49.7 Å². The lowest BCUT2D eigenvalue weighted by Gasteiger charge is -2.55. The van der Waals surface area contributed by atoms with Crippen molar-refractivity contribution in [1.82, 2.24) is 15.8 Å². The predicted molar refractivity (Wildman–Crippen MR) is 154 cm³/mol. The zero-order chi connectivity index (χ0) is 31.6. The number of hydrazine groups is 1. The van der Waals surface area contributed by atoms with Crippen LogP contribution in [0.5, 0.6) is 11.5 Å². The maximum atomic E-state index is 14.1. The van der Waals surface area contributed by atoms with Gasteiger partial charge in [-0.2, -0.15) is 0 Å². The average molecular weight is 619 g/mol. The molecule has 0 radical (unpaired) electrons. The number of phenolic OH excluding ortho intramolecular Hbond substituents is 1. The SMILES string of the molecule is Cc1cc(O)c2c(c1)C(=O)c1c(c3cc4c(nccc14)NCC1(O)CCC4=C(C1)NNC(O)C41OC(O3)C(O)C(O)C1O)C2=O. The van der Waals surface area contributed by atoms with Gasteiger partial charge in [-0.15, -0.1) is 0 Å². The van der Waals surface area contributed by atoms with Crippen molar-refractivity contribution in [3.8, 4) is 11.5 Å². The lowest BCUT2D eigenvalue weighted by Crippen LogP contribution is -2.76. The molecule has 45 heavy (non-hydrogen) atoms. The number of aryl methyl sites for hydroxylation is 1. The first-order chi connectivity index (χ1) is 21.4. The molecule has 4 aliphatic heterocycles. The number of phenols is 1. The fourth-order valence-corrected chi connectivity index (χ4v) is 7.48. The first-order valence-electron chi connectivity index (χ1n) is 14.6. The van der Waals surface area contributed by atoms with Crippen molar-refractivity contribution in [2.75, 3.05) is 11.9 Å². The lowest BCUT2D eigenvalue weighted by atomic mass is 9.70. The molecule has 1 spiro atoms. The summed E-state index contributed by atoms with van der Waals surface area (Å²) in [4.78, 5) is 32.7. The summed E-state index contributed by atoms with van der Waals surface area (Å²) in [5, 5.41) is 71.1. The van der Waals surface area contributed by atoms with Crippen LogP contribution in [0.3, 0.4) is 0 Å². The number of hydrogen-bond acceptors (Lipinski definition) is 14. The van der Waals surface area contributed by atoms with Crippen LogP contribution in [0.2, 0.25) is 0 Å². The number of benzene rings is 2. The van der Waals surface area contributed by atoms with Gasteiger partial charge < -0.3 is 50.9 Å². The van der Waals surface area contributed by atoms with E-state index in [2.05, 4.69) is 21.2 Å². The molecule has 14 heteroatoms. The highest BCUT2D eigenvalue weighted by Crippen LogP contribution is 2.49. The number of rotatable bonds is 0. The summed E-state index contributed by atoms with van der Waals surface area (Å²) in [5.41, 5.74) is 3.02. The van der Waals surface area contributed by atoms with Crippen molar-refractivity contribution in [2.45, 2.75) is 68.2 Å². The van der Waals surface area contributed by atoms with Crippen molar-refractivity contribution in [3.05, 3.63) is 69.5 Å². The molecule has 14 nitrogen and oxygen atoms in total. The molecular formula is C31H30N4O10. The van der Waals surface area contributed by atoms with Crippen LogP contribution < -0.4 is 20.9 Å². The van der Waals surface area contributed by atoms with E-state index in [9.17, 15) is 40.2 Å². The van der Waals surface area contributed by atoms with Crippen LogP contribution in [0.25, 0.3) is 10.8 Å². The van der Waals surface area contributed by atoms with Crippen LogP contribution in [0.1, 0.15) is 56.7 Å². The predicted octanol–water partition coefficient (Wildman–Crippen LogP) is -0.398. The Labute approximate surface area is 254 Å². The molecule has 3 aromatic rings. The minimum atomic E-state index is -2.03. The number of carbonyl (C=O) groups excluding carboxylic acids is 2. The quantitative estimate of drug-likeness (QED) is 0.122. The molecule has 234 valence electrons. The molecule has 0 amide bonds. The molecule has 9 N–H and O–H groups in total. The molecule has 0 saturated carbocycles. The number of aromatic hydroxyl groups is 1. The van der Waals surface area contributed by atoms with Crippen LogP contribution in [0.4, 0.5) is 5.82 Å². The molecule has 2 aliphatic carbocycles. The van der Waals surface area contributed by atoms with Gasteiger partial charge in [0, 0.05) is 41.4 Å². The third-order valence-corrected chi connectivity index (χ3v) is 9.70. The Morgan fingerprint density at radius 3 is 2.60 bits per heavy atom. The maximum Gasteiger partial charge on any atom is 0.229 e. The number of anilines is 1. The van der Waals surface area contributed by atoms with E-state index in [1.54, 1.807) is 13.0 Å². The number of fused-ring (bicyclic) bond motifs is 5. The van der Waals surface area contributed by atoms with Gasteiger partial charge in [0.05, 0.1) is 16.7 Å². The van der Waals surface area contributed by atoms with Gasteiger partial charge in [-0.3, -0.25) is 9.59 Å². The standard InChI is InChI=1S/C31H30N4O10/c1-11-6-14-19(17(36)7-11)23(38)21-18-8-13-12(20(21)22(14)37)3-5-32-27(13)33-10-30(43)4-2-15-16(9-30)34-35-29(42)31(15)26(41)24(39)25(40)28(44-18)45-31/h3,5-8,24-26,28-29,34-36,39-43H,2,4,9-10H2,1H3,(H,32,33). The smallest absolute Gasteiger partial charge is 0.229 e. The number of ether oxygens (including phenoxy) is 2. The second kappa shape index (κ2) is 9.43. The third-order valence-electron chi connectivity index (χ3n) is 9.70. The molecule has 1 saturated heterocycles. The van der Waals surface area contributed by atoms with Gasteiger partial charge in [-0.05, 0) is 60.6 Å². The summed E-state index contributed by atoms with van der Waals surface area (Å²) in [6, 6.07) is 5.89. The zero-order valence-corrected chi connectivity index (χ0v) is 23.9. The number of hydrogen-bond donors (Lipinski definition) is 9. The highest BCUT2D eigenvalue weighted by Gasteiger charge is 2.63. The van der Waals surface area contributed by atoms with Crippen LogP contribution in [-0.4, -0.2) is 95.8 Å². The number of carbonyl (C=O) groups is 2.